The molecule has 0 saturated heterocycles. The maximum absolute atomic E-state index is 13.5. The van der Waals surface area contributed by atoms with E-state index in [1.54, 1.807) is 13.8 Å². The maximum Gasteiger partial charge on any atom is 0.179 e. The Bertz CT molecular complexity index is 616. The summed E-state index contributed by atoms with van der Waals surface area (Å²) in [5.74, 6) is -1.81. The van der Waals surface area contributed by atoms with Crippen molar-refractivity contribution in [2.45, 2.75) is 23.4 Å². The van der Waals surface area contributed by atoms with Crippen molar-refractivity contribution in [3.63, 3.8) is 0 Å². The number of ketones is 1. The molecule has 2 aromatic rings. The molecule has 19 heavy (non-hydrogen) atoms. The monoisotopic (exact) mass is 300 g/mol. The lowest BCUT2D eigenvalue weighted by Gasteiger charge is -2.08. The molecular formula is C12H10F2N2OS2. The predicted molar refractivity (Wildman–Crippen MR) is 70.7 cm³/mol. The van der Waals surface area contributed by atoms with Crippen LogP contribution >= 0.6 is 23.1 Å². The molecule has 1 aromatic heterocycles. The van der Waals surface area contributed by atoms with Crippen molar-refractivity contribution in [1.29, 1.82) is 0 Å². The lowest BCUT2D eigenvalue weighted by atomic mass is 10.1. The first-order chi connectivity index (χ1) is 8.97. The van der Waals surface area contributed by atoms with Gasteiger partial charge in [-0.25, -0.2) is 8.78 Å². The van der Waals surface area contributed by atoms with Crippen LogP contribution in [0.4, 0.5) is 8.78 Å². The number of carbonyl (C=O) groups is 1. The minimum Gasteiger partial charge on any atom is -0.293 e. The van der Waals surface area contributed by atoms with Gasteiger partial charge in [0.2, 0.25) is 0 Å². The van der Waals surface area contributed by atoms with Crippen LogP contribution in [0.1, 0.15) is 22.3 Å². The molecule has 0 aliphatic heterocycles. The molecule has 0 aliphatic rings. The van der Waals surface area contributed by atoms with Gasteiger partial charge in [-0.15, -0.1) is 10.2 Å². The van der Waals surface area contributed by atoms with Gasteiger partial charge in [0.25, 0.3) is 0 Å². The lowest BCUT2D eigenvalue weighted by Crippen LogP contribution is -2.15. The second-order valence-corrected chi connectivity index (χ2v) is 6.61. The summed E-state index contributed by atoms with van der Waals surface area (Å²) in [5.41, 5.74) is -0.235. The molecule has 0 saturated carbocycles. The number of hydrogen-bond donors (Lipinski definition) is 0. The van der Waals surface area contributed by atoms with Crippen molar-refractivity contribution in [3.8, 4) is 0 Å². The van der Waals surface area contributed by atoms with Crippen LogP contribution in [0.2, 0.25) is 0 Å². The van der Waals surface area contributed by atoms with E-state index in [2.05, 4.69) is 10.2 Å². The zero-order valence-corrected chi connectivity index (χ0v) is 11.8. The highest BCUT2D eigenvalue weighted by atomic mass is 32.2. The zero-order valence-electron chi connectivity index (χ0n) is 10.2. The molecule has 3 nitrogen and oxygen atoms in total. The van der Waals surface area contributed by atoms with Crippen LogP contribution < -0.4 is 0 Å². The summed E-state index contributed by atoms with van der Waals surface area (Å²) >= 11 is 2.54. The molecule has 100 valence electrons. The molecule has 7 heteroatoms. The van der Waals surface area contributed by atoms with Crippen molar-refractivity contribution in [3.05, 3.63) is 40.4 Å². The number of Topliss-reactive ketones (excluding diaryl/α,β-unsaturated/α-hetero) is 1. The largest absolute Gasteiger partial charge is 0.293 e. The number of halogens is 2. The van der Waals surface area contributed by atoms with Crippen LogP contribution in [0.25, 0.3) is 0 Å². The molecular weight excluding hydrogens is 290 g/mol. The van der Waals surface area contributed by atoms with E-state index in [0.717, 1.165) is 23.2 Å². The predicted octanol–water partition coefficient (Wildman–Crippen LogP) is 3.49. The SMILES string of the molecule is Cc1nnc(S[C@H](C)C(=O)c2cc(F)ccc2F)s1. The number of benzene rings is 1. The van der Waals surface area contributed by atoms with Gasteiger partial charge in [-0.3, -0.25) is 4.79 Å². The fourth-order valence-corrected chi connectivity index (χ4v) is 3.46. The van der Waals surface area contributed by atoms with Gasteiger partial charge in [0.15, 0.2) is 10.1 Å². The summed E-state index contributed by atoms with van der Waals surface area (Å²) in [6.07, 6.45) is 0. The summed E-state index contributed by atoms with van der Waals surface area (Å²) < 4.78 is 27.2. The van der Waals surface area contributed by atoms with Gasteiger partial charge >= 0.3 is 0 Å². The molecule has 0 radical (unpaired) electrons. The second-order valence-electron chi connectivity index (χ2n) is 3.84. The van der Waals surface area contributed by atoms with Crippen molar-refractivity contribution in [2.24, 2.45) is 0 Å². The first kappa shape index (κ1) is 14.1. The average Bonchev–Trinajstić information content (AvgIpc) is 2.77. The van der Waals surface area contributed by atoms with Gasteiger partial charge in [0.1, 0.15) is 16.6 Å². The third kappa shape index (κ3) is 3.36. The first-order valence-electron chi connectivity index (χ1n) is 5.43. The van der Waals surface area contributed by atoms with E-state index in [9.17, 15) is 13.6 Å². The number of nitrogens with zero attached hydrogens (tertiary/aromatic N) is 2. The Labute approximate surface area is 117 Å². The van der Waals surface area contributed by atoms with Crippen LogP contribution in [-0.4, -0.2) is 21.2 Å². The Hall–Kier alpha value is -1.34. The highest BCUT2D eigenvalue weighted by molar-refractivity contribution is 8.02. The van der Waals surface area contributed by atoms with Crippen LogP contribution in [0.5, 0.6) is 0 Å². The molecule has 0 bridgehead atoms. The molecule has 0 N–H and O–H groups in total. The van der Waals surface area contributed by atoms with Gasteiger partial charge in [0.05, 0.1) is 10.8 Å². The van der Waals surface area contributed by atoms with E-state index < -0.39 is 22.7 Å². The minimum atomic E-state index is -0.715. The Morgan fingerprint density at radius 3 is 2.74 bits per heavy atom. The summed E-state index contributed by atoms with van der Waals surface area (Å²) in [5, 5.41) is 7.96. The van der Waals surface area contributed by atoms with Gasteiger partial charge < -0.3 is 0 Å². The van der Waals surface area contributed by atoms with Crippen LogP contribution in [-0.2, 0) is 0 Å². The highest BCUT2D eigenvalue weighted by Gasteiger charge is 2.21. The highest BCUT2D eigenvalue weighted by Crippen LogP contribution is 2.28. The van der Waals surface area contributed by atoms with E-state index >= 15 is 0 Å². The van der Waals surface area contributed by atoms with E-state index in [4.69, 9.17) is 0 Å². The van der Waals surface area contributed by atoms with Gasteiger partial charge in [-0.1, -0.05) is 23.1 Å². The van der Waals surface area contributed by atoms with Crippen molar-refractivity contribution in [2.75, 3.05) is 0 Å². The Morgan fingerprint density at radius 1 is 1.37 bits per heavy atom. The number of aryl methyl sites for hydroxylation is 1. The molecule has 0 spiro atoms. The third-order valence-electron chi connectivity index (χ3n) is 2.35. The fraction of sp³-hybridized carbons (Fsp3) is 0.250. The van der Waals surface area contributed by atoms with Gasteiger partial charge in [0, 0.05) is 0 Å². The number of aromatic nitrogens is 2. The Kier molecular flexibility index (Phi) is 4.26. The standard InChI is InChI=1S/C12H10F2N2OS2/c1-6(18-12-16-15-7(2)19-12)11(17)9-5-8(13)3-4-10(9)14/h3-6H,1-2H3/t6-/m1/s1. The normalized spacial score (nSPS) is 12.4. The number of hydrogen-bond acceptors (Lipinski definition) is 5. The molecule has 0 amide bonds. The number of carbonyl (C=O) groups excluding carboxylic acids is 1. The quantitative estimate of drug-likeness (QED) is 0.640. The molecule has 2 rings (SSSR count). The number of rotatable bonds is 4. The van der Waals surface area contributed by atoms with Gasteiger partial charge in [-0.05, 0) is 32.0 Å². The Morgan fingerprint density at radius 2 is 2.11 bits per heavy atom. The summed E-state index contributed by atoms with van der Waals surface area (Å²) in [6.45, 7) is 3.44. The smallest absolute Gasteiger partial charge is 0.179 e. The van der Waals surface area contributed by atoms with E-state index in [1.807, 2.05) is 0 Å². The minimum absolute atomic E-state index is 0.235. The van der Waals surface area contributed by atoms with Gasteiger partial charge in [-0.2, -0.15) is 0 Å². The van der Waals surface area contributed by atoms with Crippen molar-refractivity contribution < 1.29 is 13.6 Å². The van der Waals surface area contributed by atoms with E-state index in [-0.39, 0.29) is 5.56 Å². The van der Waals surface area contributed by atoms with Crippen LogP contribution in [0.3, 0.4) is 0 Å². The van der Waals surface area contributed by atoms with Crippen molar-refractivity contribution >= 4 is 28.9 Å². The number of thioether (sulfide) groups is 1. The molecule has 1 aromatic carbocycles. The van der Waals surface area contributed by atoms with Crippen LogP contribution in [0, 0.1) is 18.6 Å². The molecule has 0 unspecified atom stereocenters. The molecule has 1 atom stereocenters. The second kappa shape index (κ2) is 5.75. The topological polar surface area (TPSA) is 42.9 Å². The Balaban J connectivity index is 2.16. The molecule has 1 heterocycles. The zero-order chi connectivity index (χ0) is 14.0. The first-order valence-corrected chi connectivity index (χ1v) is 7.13. The fourth-order valence-electron chi connectivity index (χ4n) is 1.44. The molecule has 0 aliphatic carbocycles. The summed E-state index contributed by atoms with van der Waals surface area (Å²) in [4.78, 5) is 12.1. The maximum atomic E-state index is 13.5. The summed E-state index contributed by atoms with van der Waals surface area (Å²) in [7, 11) is 0. The lowest BCUT2D eigenvalue weighted by molar-refractivity contribution is 0.0989. The van der Waals surface area contributed by atoms with E-state index in [1.165, 1.54) is 23.1 Å². The van der Waals surface area contributed by atoms with Crippen molar-refractivity contribution in [1.82, 2.24) is 10.2 Å². The van der Waals surface area contributed by atoms with Crippen LogP contribution in [0.15, 0.2) is 22.5 Å². The van der Waals surface area contributed by atoms with E-state index in [0.29, 0.717) is 4.34 Å². The average molecular weight is 300 g/mol. The third-order valence-corrected chi connectivity index (χ3v) is 4.37. The molecule has 0 fully saturated rings. The summed E-state index contributed by atoms with van der Waals surface area (Å²) in [6, 6.07) is 2.85.